The molecule has 1 aliphatic heterocycles. The molecule has 0 radical (unpaired) electrons. The van der Waals surface area contributed by atoms with Crippen LogP contribution in [0.2, 0.25) is 0 Å². The van der Waals surface area contributed by atoms with Gasteiger partial charge in [-0.05, 0) is 24.7 Å². The van der Waals surface area contributed by atoms with Gasteiger partial charge < -0.3 is 25.0 Å². The Labute approximate surface area is 158 Å². The Morgan fingerprint density at radius 1 is 1.23 bits per heavy atom. The number of aromatic nitrogens is 2. The first-order valence-electron chi connectivity index (χ1n) is 8.54. The van der Waals surface area contributed by atoms with Crippen molar-refractivity contribution >= 4 is 29.1 Å². The fourth-order valence-electron chi connectivity index (χ4n) is 2.69. The lowest BCUT2D eigenvalue weighted by molar-refractivity contribution is 0.122. The van der Waals surface area contributed by atoms with Crippen molar-refractivity contribution in [2.75, 3.05) is 43.6 Å². The zero-order valence-corrected chi connectivity index (χ0v) is 15.8. The summed E-state index contributed by atoms with van der Waals surface area (Å²) in [5, 5.41) is 6.76. The van der Waals surface area contributed by atoms with Gasteiger partial charge in [-0.1, -0.05) is 30.3 Å². The average Bonchev–Trinajstić information content (AvgIpc) is 2.69. The molecule has 1 saturated heterocycles. The topological polar surface area (TPSA) is 71.5 Å². The molecule has 0 unspecified atom stereocenters. The molecule has 8 heteroatoms. The molecular formula is C18H23N5O2S. The van der Waals surface area contributed by atoms with Gasteiger partial charge in [-0.25, -0.2) is 0 Å². The zero-order chi connectivity index (χ0) is 18.4. The van der Waals surface area contributed by atoms with Crippen LogP contribution in [0, 0.1) is 0 Å². The Balaban J connectivity index is 1.69. The van der Waals surface area contributed by atoms with E-state index in [2.05, 4.69) is 44.6 Å². The summed E-state index contributed by atoms with van der Waals surface area (Å²) in [7, 11) is 1.59. The highest BCUT2D eigenvalue weighted by Crippen LogP contribution is 2.20. The fourth-order valence-corrected chi connectivity index (χ4v) is 2.96. The summed E-state index contributed by atoms with van der Waals surface area (Å²) >= 11 is 5.41. The molecule has 1 atom stereocenters. The molecule has 2 heterocycles. The predicted octanol–water partition coefficient (Wildman–Crippen LogP) is 2.37. The van der Waals surface area contributed by atoms with Crippen molar-refractivity contribution in [2.24, 2.45) is 0 Å². The first-order valence-corrected chi connectivity index (χ1v) is 8.95. The van der Waals surface area contributed by atoms with Crippen LogP contribution in [0.4, 0.5) is 11.8 Å². The van der Waals surface area contributed by atoms with E-state index in [0.29, 0.717) is 30.2 Å². The monoisotopic (exact) mass is 373 g/mol. The van der Waals surface area contributed by atoms with E-state index < -0.39 is 0 Å². The Hall–Kier alpha value is -2.45. The van der Waals surface area contributed by atoms with Gasteiger partial charge in [0.25, 0.3) is 0 Å². The highest BCUT2D eigenvalue weighted by atomic mass is 32.1. The molecule has 1 aromatic heterocycles. The number of methoxy groups -OCH3 is 1. The standard InChI is InChI=1S/C18H23N5O2S/c1-13(14-6-4-3-5-7-14)19-18(26)22-17-20-15(12-16(21-17)24-2)23-8-10-25-11-9-23/h3-7,12-13H,8-11H2,1-2H3,(H2,19,20,21,22,26)/t13-/m1/s1. The number of anilines is 2. The smallest absolute Gasteiger partial charge is 0.234 e. The van der Waals surface area contributed by atoms with Crippen molar-refractivity contribution in [2.45, 2.75) is 13.0 Å². The van der Waals surface area contributed by atoms with Crippen molar-refractivity contribution in [1.82, 2.24) is 15.3 Å². The summed E-state index contributed by atoms with van der Waals surface area (Å²) in [6.07, 6.45) is 0. The summed E-state index contributed by atoms with van der Waals surface area (Å²) in [6.45, 7) is 4.99. The van der Waals surface area contributed by atoms with Crippen molar-refractivity contribution < 1.29 is 9.47 Å². The van der Waals surface area contributed by atoms with Gasteiger partial charge in [-0.3, -0.25) is 0 Å². The maximum absolute atomic E-state index is 5.41. The number of morpholine rings is 1. The van der Waals surface area contributed by atoms with Crippen LogP contribution in [-0.2, 0) is 4.74 Å². The minimum atomic E-state index is 0.0699. The van der Waals surface area contributed by atoms with E-state index in [1.54, 1.807) is 7.11 Å². The number of hydrogen-bond donors (Lipinski definition) is 2. The van der Waals surface area contributed by atoms with E-state index in [1.807, 2.05) is 24.3 Å². The number of rotatable bonds is 5. The molecule has 1 fully saturated rings. The van der Waals surface area contributed by atoms with Crippen LogP contribution in [0.25, 0.3) is 0 Å². The molecule has 0 saturated carbocycles. The molecular weight excluding hydrogens is 350 g/mol. The summed E-state index contributed by atoms with van der Waals surface area (Å²) in [4.78, 5) is 11.0. The zero-order valence-electron chi connectivity index (χ0n) is 14.9. The van der Waals surface area contributed by atoms with E-state index in [4.69, 9.17) is 21.7 Å². The number of thiocarbonyl (C=S) groups is 1. The van der Waals surface area contributed by atoms with Crippen LogP contribution in [0.1, 0.15) is 18.5 Å². The van der Waals surface area contributed by atoms with Gasteiger partial charge in [0.05, 0.1) is 26.4 Å². The highest BCUT2D eigenvalue weighted by molar-refractivity contribution is 7.80. The van der Waals surface area contributed by atoms with E-state index in [9.17, 15) is 0 Å². The molecule has 2 aromatic rings. The summed E-state index contributed by atoms with van der Waals surface area (Å²) < 4.78 is 10.7. The van der Waals surface area contributed by atoms with Crippen molar-refractivity contribution in [3.8, 4) is 5.88 Å². The van der Waals surface area contributed by atoms with Crippen LogP contribution in [0.3, 0.4) is 0 Å². The van der Waals surface area contributed by atoms with Crippen LogP contribution < -0.4 is 20.3 Å². The molecule has 0 aliphatic carbocycles. The second-order valence-corrected chi connectivity index (χ2v) is 6.33. The second kappa shape index (κ2) is 8.77. The third-order valence-corrected chi connectivity index (χ3v) is 4.33. The Kier molecular flexibility index (Phi) is 6.19. The number of ether oxygens (including phenoxy) is 2. The maximum atomic E-state index is 5.41. The Bertz CT molecular complexity index is 738. The van der Waals surface area contributed by atoms with Crippen LogP contribution in [-0.4, -0.2) is 48.5 Å². The lowest BCUT2D eigenvalue weighted by Crippen LogP contribution is -2.37. The van der Waals surface area contributed by atoms with Crippen LogP contribution >= 0.6 is 12.2 Å². The van der Waals surface area contributed by atoms with Gasteiger partial charge >= 0.3 is 0 Å². The summed E-state index contributed by atoms with van der Waals surface area (Å²) in [6, 6.07) is 12.0. The van der Waals surface area contributed by atoms with E-state index >= 15 is 0 Å². The fraction of sp³-hybridized carbons (Fsp3) is 0.389. The van der Waals surface area contributed by atoms with Crippen molar-refractivity contribution in [1.29, 1.82) is 0 Å². The van der Waals surface area contributed by atoms with Gasteiger partial charge in [0, 0.05) is 19.2 Å². The molecule has 0 amide bonds. The first kappa shape index (κ1) is 18.3. The molecule has 0 spiro atoms. The Morgan fingerprint density at radius 3 is 2.65 bits per heavy atom. The summed E-state index contributed by atoms with van der Waals surface area (Å²) in [5.74, 6) is 1.69. The minimum absolute atomic E-state index is 0.0699. The van der Waals surface area contributed by atoms with E-state index in [-0.39, 0.29) is 6.04 Å². The molecule has 0 bridgehead atoms. The number of hydrogen-bond acceptors (Lipinski definition) is 6. The normalized spacial score (nSPS) is 15.2. The maximum Gasteiger partial charge on any atom is 0.234 e. The van der Waals surface area contributed by atoms with E-state index in [0.717, 1.165) is 24.5 Å². The van der Waals surface area contributed by atoms with Gasteiger partial charge in [0.1, 0.15) is 5.82 Å². The van der Waals surface area contributed by atoms with Gasteiger partial charge in [-0.15, -0.1) is 0 Å². The molecule has 1 aromatic carbocycles. The molecule has 7 nitrogen and oxygen atoms in total. The number of benzene rings is 1. The largest absolute Gasteiger partial charge is 0.481 e. The van der Waals surface area contributed by atoms with Crippen molar-refractivity contribution in [3.63, 3.8) is 0 Å². The SMILES string of the molecule is COc1cc(N2CCOCC2)nc(NC(=S)N[C@H](C)c2ccccc2)n1. The minimum Gasteiger partial charge on any atom is -0.481 e. The van der Waals surface area contributed by atoms with Gasteiger partial charge in [0.15, 0.2) is 5.11 Å². The average molecular weight is 373 g/mol. The first-order chi connectivity index (χ1) is 12.7. The van der Waals surface area contributed by atoms with E-state index in [1.165, 1.54) is 0 Å². The number of nitrogens with one attached hydrogen (secondary N) is 2. The van der Waals surface area contributed by atoms with Crippen LogP contribution in [0.5, 0.6) is 5.88 Å². The Morgan fingerprint density at radius 2 is 1.96 bits per heavy atom. The van der Waals surface area contributed by atoms with Gasteiger partial charge in [-0.2, -0.15) is 9.97 Å². The van der Waals surface area contributed by atoms with Gasteiger partial charge in [0.2, 0.25) is 11.8 Å². The quantitative estimate of drug-likeness (QED) is 0.774. The molecule has 2 N–H and O–H groups in total. The third kappa shape index (κ3) is 4.80. The highest BCUT2D eigenvalue weighted by Gasteiger charge is 2.16. The molecule has 1 aliphatic rings. The van der Waals surface area contributed by atoms with Crippen LogP contribution in [0.15, 0.2) is 36.4 Å². The third-order valence-electron chi connectivity index (χ3n) is 4.11. The predicted molar refractivity (Wildman–Crippen MR) is 106 cm³/mol. The lowest BCUT2D eigenvalue weighted by Gasteiger charge is -2.28. The molecule has 26 heavy (non-hydrogen) atoms. The lowest BCUT2D eigenvalue weighted by atomic mass is 10.1. The summed E-state index contributed by atoms with van der Waals surface area (Å²) in [5.41, 5.74) is 1.15. The molecule has 3 rings (SSSR count). The number of nitrogens with zero attached hydrogens (tertiary/aromatic N) is 3. The van der Waals surface area contributed by atoms with Crippen molar-refractivity contribution in [3.05, 3.63) is 42.0 Å². The molecule has 138 valence electrons. The second-order valence-electron chi connectivity index (χ2n) is 5.92.